The molecule has 3 nitrogen and oxygen atoms in total. The first-order valence-electron chi connectivity index (χ1n) is 6.13. The zero-order valence-electron chi connectivity index (χ0n) is 10.5. The molecule has 1 aliphatic rings. The molecule has 18 heavy (non-hydrogen) atoms. The van der Waals surface area contributed by atoms with Crippen LogP contribution in [-0.2, 0) is 0 Å². The highest BCUT2D eigenvalue weighted by molar-refractivity contribution is 5.98. The summed E-state index contributed by atoms with van der Waals surface area (Å²) < 4.78 is 13.9. The van der Waals surface area contributed by atoms with E-state index < -0.39 is 0 Å². The number of fused-ring (bicyclic) bond motifs is 1. The second kappa shape index (κ2) is 3.83. The second-order valence-electron chi connectivity index (χ2n) is 4.99. The average molecular weight is 246 g/mol. The Balaban J connectivity index is 2.02. The van der Waals surface area contributed by atoms with Gasteiger partial charge in [-0.2, -0.15) is 0 Å². The lowest BCUT2D eigenvalue weighted by molar-refractivity contribution is 0.0780. The Hall–Kier alpha value is -1.84. The summed E-state index contributed by atoms with van der Waals surface area (Å²) in [7, 11) is 1.80. The van der Waals surface area contributed by atoms with E-state index in [1.54, 1.807) is 31.0 Å². The molecule has 1 amide bonds. The third kappa shape index (κ3) is 1.68. The minimum atomic E-state index is -0.277. The molecule has 2 aromatic rings. The van der Waals surface area contributed by atoms with Crippen LogP contribution in [0.15, 0.2) is 18.2 Å². The van der Waals surface area contributed by atoms with Crippen LogP contribution in [-0.4, -0.2) is 28.9 Å². The van der Waals surface area contributed by atoms with Crippen LogP contribution >= 0.6 is 0 Å². The number of nitrogens with zero attached hydrogens (tertiary/aromatic N) is 1. The highest BCUT2D eigenvalue weighted by atomic mass is 19.1. The normalized spacial score (nSPS) is 15.1. The molecule has 0 radical (unpaired) electrons. The van der Waals surface area contributed by atoms with Gasteiger partial charge < -0.3 is 9.88 Å². The van der Waals surface area contributed by atoms with Crippen LogP contribution < -0.4 is 0 Å². The second-order valence-corrected chi connectivity index (χ2v) is 4.99. The number of aromatic nitrogens is 1. The van der Waals surface area contributed by atoms with Gasteiger partial charge in [-0.05, 0) is 31.4 Å². The lowest BCUT2D eigenvalue weighted by Gasteiger charge is -2.14. The molecule has 0 bridgehead atoms. The topological polar surface area (TPSA) is 36.1 Å². The third-order valence-electron chi connectivity index (χ3n) is 3.57. The van der Waals surface area contributed by atoms with Crippen molar-refractivity contribution in [1.82, 2.24) is 9.88 Å². The number of amides is 1. The molecule has 0 unspecified atom stereocenters. The zero-order valence-corrected chi connectivity index (χ0v) is 10.5. The summed E-state index contributed by atoms with van der Waals surface area (Å²) in [5, 5.41) is 0.741. The molecule has 0 aliphatic heterocycles. The number of hydrogen-bond acceptors (Lipinski definition) is 1. The predicted molar refractivity (Wildman–Crippen MR) is 68.1 cm³/mol. The molecule has 1 N–H and O–H groups in total. The van der Waals surface area contributed by atoms with E-state index in [0.29, 0.717) is 22.8 Å². The number of carbonyl (C=O) groups is 1. The van der Waals surface area contributed by atoms with Gasteiger partial charge in [0.25, 0.3) is 5.91 Å². The summed E-state index contributed by atoms with van der Waals surface area (Å²) >= 11 is 0. The van der Waals surface area contributed by atoms with E-state index in [4.69, 9.17) is 0 Å². The largest absolute Gasteiger partial charge is 0.348 e. The first kappa shape index (κ1) is 11.3. The number of aryl methyl sites for hydroxylation is 1. The summed E-state index contributed by atoms with van der Waals surface area (Å²) in [5.74, 6) is -0.341. The van der Waals surface area contributed by atoms with E-state index in [1.165, 1.54) is 0 Å². The molecule has 1 heterocycles. The summed E-state index contributed by atoms with van der Waals surface area (Å²) in [6.45, 7) is 1.72. The standard InChI is InChI=1S/C14H15FN2O/c1-8-3-4-9-7-11(16-13(9)12(8)15)14(18)17(2)10-5-6-10/h3-4,7,10,16H,5-6H2,1-2H3. The van der Waals surface area contributed by atoms with Crippen molar-refractivity contribution >= 4 is 16.8 Å². The number of rotatable bonds is 2. The number of hydrogen-bond donors (Lipinski definition) is 1. The van der Waals surface area contributed by atoms with Crippen LogP contribution in [0.25, 0.3) is 10.9 Å². The number of carbonyl (C=O) groups excluding carboxylic acids is 1. The maximum absolute atomic E-state index is 13.9. The number of benzene rings is 1. The van der Waals surface area contributed by atoms with Gasteiger partial charge in [0, 0.05) is 18.5 Å². The molecule has 1 aliphatic carbocycles. The third-order valence-corrected chi connectivity index (χ3v) is 3.57. The van der Waals surface area contributed by atoms with Crippen molar-refractivity contribution in [2.24, 2.45) is 0 Å². The smallest absolute Gasteiger partial charge is 0.270 e. The van der Waals surface area contributed by atoms with Gasteiger partial charge in [0.1, 0.15) is 11.5 Å². The van der Waals surface area contributed by atoms with Crippen molar-refractivity contribution in [3.63, 3.8) is 0 Å². The van der Waals surface area contributed by atoms with Crippen LogP contribution in [0.5, 0.6) is 0 Å². The number of halogens is 1. The monoisotopic (exact) mass is 246 g/mol. The SMILES string of the molecule is Cc1ccc2cc(C(=O)N(C)C3CC3)[nH]c2c1F. The van der Waals surface area contributed by atoms with Crippen LogP contribution in [0, 0.1) is 12.7 Å². The number of aromatic amines is 1. The molecule has 1 aromatic carbocycles. The molecule has 0 atom stereocenters. The minimum Gasteiger partial charge on any atom is -0.348 e. The Bertz CT molecular complexity index is 628. The fraction of sp³-hybridized carbons (Fsp3) is 0.357. The molecule has 3 rings (SSSR count). The molecule has 4 heteroatoms. The van der Waals surface area contributed by atoms with Crippen LogP contribution in [0.3, 0.4) is 0 Å². The Morgan fingerprint density at radius 1 is 1.44 bits per heavy atom. The zero-order chi connectivity index (χ0) is 12.9. The summed E-state index contributed by atoms with van der Waals surface area (Å²) in [6.07, 6.45) is 2.13. The van der Waals surface area contributed by atoms with Gasteiger partial charge in [0.15, 0.2) is 0 Å². The predicted octanol–water partition coefficient (Wildman–Crippen LogP) is 2.85. The van der Waals surface area contributed by atoms with Gasteiger partial charge >= 0.3 is 0 Å². The van der Waals surface area contributed by atoms with Gasteiger partial charge in [-0.3, -0.25) is 4.79 Å². The van der Waals surface area contributed by atoms with Crippen LogP contribution in [0.1, 0.15) is 28.9 Å². The number of H-pyrrole nitrogens is 1. The van der Waals surface area contributed by atoms with Gasteiger partial charge in [0.2, 0.25) is 0 Å². The van der Waals surface area contributed by atoms with Crippen molar-refractivity contribution in [3.8, 4) is 0 Å². The number of nitrogens with one attached hydrogen (secondary N) is 1. The van der Waals surface area contributed by atoms with Crippen molar-refractivity contribution in [2.75, 3.05) is 7.05 Å². The van der Waals surface area contributed by atoms with Crippen LogP contribution in [0.2, 0.25) is 0 Å². The van der Waals surface area contributed by atoms with Crippen molar-refractivity contribution in [3.05, 3.63) is 35.3 Å². The van der Waals surface area contributed by atoms with Crippen LogP contribution in [0.4, 0.5) is 4.39 Å². The van der Waals surface area contributed by atoms with E-state index in [9.17, 15) is 9.18 Å². The molecule has 1 aromatic heterocycles. The lowest BCUT2D eigenvalue weighted by atomic mass is 10.2. The van der Waals surface area contributed by atoms with E-state index >= 15 is 0 Å². The maximum atomic E-state index is 13.9. The first-order chi connectivity index (χ1) is 8.58. The van der Waals surface area contributed by atoms with Gasteiger partial charge in [-0.1, -0.05) is 12.1 Å². The quantitative estimate of drug-likeness (QED) is 0.869. The Morgan fingerprint density at radius 2 is 2.17 bits per heavy atom. The fourth-order valence-corrected chi connectivity index (χ4v) is 2.20. The van der Waals surface area contributed by atoms with Gasteiger partial charge in [-0.25, -0.2) is 4.39 Å². The Kier molecular flexibility index (Phi) is 2.40. The van der Waals surface area contributed by atoms with E-state index in [0.717, 1.165) is 18.2 Å². The summed E-state index contributed by atoms with van der Waals surface area (Å²) in [5.41, 5.74) is 1.46. The minimum absolute atomic E-state index is 0.0641. The molecular formula is C14H15FN2O. The fourth-order valence-electron chi connectivity index (χ4n) is 2.20. The average Bonchev–Trinajstić information content (AvgIpc) is 3.12. The Morgan fingerprint density at radius 3 is 2.83 bits per heavy atom. The van der Waals surface area contributed by atoms with E-state index in [-0.39, 0.29) is 11.7 Å². The molecule has 1 saturated carbocycles. The summed E-state index contributed by atoms with van der Waals surface area (Å²) in [6, 6.07) is 5.64. The van der Waals surface area contributed by atoms with Gasteiger partial charge in [0.05, 0.1) is 5.52 Å². The highest BCUT2D eigenvalue weighted by Gasteiger charge is 2.30. The molecule has 0 spiro atoms. The van der Waals surface area contributed by atoms with E-state index in [1.807, 2.05) is 6.07 Å². The van der Waals surface area contributed by atoms with Crippen molar-refractivity contribution in [2.45, 2.75) is 25.8 Å². The molecule has 1 fully saturated rings. The first-order valence-corrected chi connectivity index (χ1v) is 6.13. The summed E-state index contributed by atoms with van der Waals surface area (Å²) in [4.78, 5) is 16.8. The molecule has 94 valence electrons. The van der Waals surface area contributed by atoms with E-state index in [2.05, 4.69) is 4.98 Å². The highest BCUT2D eigenvalue weighted by Crippen LogP contribution is 2.28. The molecular weight excluding hydrogens is 231 g/mol. The lowest BCUT2D eigenvalue weighted by Crippen LogP contribution is -2.28. The van der Waals surface area contributed by atoms with Crippen molar-refractivity contribution < 1.29 is 9.18 Å². The molecule has 0 saturated heterocycles. The van der Waals surface area contributed by atoms with Gasteiger partial charge in [-0.15, -0.1) is 0 Å². The van der Waals surface area contributed by atoms with Crippen molar-refractivity contribution in [1.29, 1.82) is 0 Å². The Labute approximate surface area is 105 Å². The maximum Gasteiger partial charge on any atom is 0.270 e.